The molecule has 2 heterocycles. The molecule has 20 heavy (non-hydrogen) atoms. The van der Waals surface area contributed by atoms with E-state index in [4.69, 9.17) is 19.6 Å². The van der Waals surface area contributed by atoms with Gasteiger partial charge in [0.1, 0.15) is 11.5 Å². The average Bonchev–Trinajstić information content (AvgIpc) is 2.67. The second kappa shape index (κ2) is 4.64. The highest BCUT2D eigenvalue weighted by atomic mass is 31.2. The highest BCUT2D eigenvalue weighted by Gasteiger charge is 2.60. The first kappa shape index (κ1) is 15.1. The minimum absolute atomic E-state index is 0.301. The van der Waals surface area contributed by atoms with Crippen molar-refractivity contribution in [1.29, 1.82) is 0 Å². The molecule has 0 aliphatic heterocycles. The van der Waals surface area contributed by atoms with Crippen LogP contribution < -0.4 is 5.32 Å². The van der Waals surface area contributed by atoms with Gasteiger partial charge in [-0.2, -0.15) is 0 Å². The number of fused-ring (bicyclic) bond motifs is 1. The van der Waals surface area contributed by atoms with Crippen LogP contribution in [0.4, 0.5) is 5.82 Å². The van der Waals surface area contributed by atoms with E-state index in [0.717, 1.165) is 0 Å². The predicted molar refractivity (Wildman–Crippen MR) is 67.9 cm³/mol. The summed E-state index contributed by atoms with van der Waals surface area (Å²) in [5.41, 5.74) is 0.355. The quantitative estimate of drug-likeness (QED) is 0.327. The van der Waals surface area contributed by atoms with Crippen molar-refractivity contribution in [3.8, 4) is 0 Å². The zero-order chi connectivity index (χ0) is 15.2. The average molecular weight is 323 g/mol. The van der Waals surface area contributed by atoms with E-state index in [1.807, 2.05) is 0 Å². The van der Waals surface area contributed by atoms with Gasteiger partial charge < -0.3 is 34.4 Å². The summed E-state index contributed by atoms with van der Waals surface area (Å²) < 4.78 is 23.8. The van der Waals surface area contributed by atoms with Crippen molar-refractivity contribution >= 4 is 26.7 Å². The van der Waals surface area contributed by atoms with E-state index in [1.54, 1.807) is 29.7 Å². The molecule has 0 aromatic carbocycles. The summed E-state index contributed by atoms with van der Waals surface area (Å²) in [5, 5.41) is 7.66. The molecule has 12 heteroatoms. The number of hydrogen-bond acceptors (Lipinski definition) is 5. The lowest BCUT2D eigenvalue weighted by Gasteiger charge is -2.29. The Kier molecular flexibility index (Phi) is 3.52. The molecule has 0 saturated heterocycles. The molecule has 0 aliphatic rings. The number of aromatic nitrogens is 2. The van der Waals surface area contributed by atoms with Crippen LogP contribution in [0, 0.1) is 0 Å². The minimum atomic E-state index is -5.59. The molecule has 0 saturated carbocycles. The Hall–Kier alpha value is -1.25. The van der Waals surface area contributed by atoms with E-state index in [2.05, 4.69) is 4.98 Å². The molecule has 110 valence electrons. The number of nitrogens with one attached hydrogen (secondary N) is 1. The monoisotopic (exact) mass is 323 g/mol. The minimum Gasteiger partial charge on any atom is -0.352 e. The van der Waals surface area contributed by atoms with Crippen molar-refractivity contribution in [1.82, 2.24) is 9.38 Å². The summed E-state index contributed by atoms with van der Waals surface area (Å²) in [7, 11) is -11.2. The Morgan fingerprint density at radius 1 is 1.15 bits per heavy atom. The maximum atomic E-state index is 11.2. The van der Waals surface area contributed by atoms with Crippen LogP contribution in [0.5, 0.6) is 0 Å². The van der Waals surface area contributed by atoms with E-state index >= 15 is 0 Å². The smallest absolute Gasteiger partial charge is 0.352 e. The zero-order valence-corrected chi connectivity index (χ0v) is 11.5. The number of imidazole rings is 1. The number of nitrogens with zero attached hydrogens (tertiary/aromatic N) is 2. The lowest BCUT2D eigenvalue weighted by atomic mass is 10.5. The van der Waals surface area contributed by atoms with Crippen molar-refractivity contribution in [3.05, 3.63) is 30.6 Å². The molecule has 0 spiro atoms. The first-order valence-electron chi connectivity index (χ1n) is 5.10. The van der Waals surface area contributed by atoms with Crippen LogP contribution in [0.15, 0.2) is 30.6 Å². The first-order chi connectivity index (χ1) is 9.04. The molecule has 2 aromatic heterocycles. The van der Waals surface area contributed by atoms with Crippen LogP contribution in [-0.2, 0) is 9.13 Å². The van der Waals surface area contributed by atoms with Gasteiger partial charge in [-0.3, -0.25) is 9.13 Å². The Labute approximate surface area is 112 Å². The molecule has 2 aromatic rings. The molecule has 0 aliphatic carbocycles. The van der Waals surface area contributed by atoms with Gasteiger partial charge >= 0.3 is 20.4 Å². The van der Waals surface area contributed by atoms with Crippen LogP contribution in [0.2, 0.25) is 0 Å². The highest BCUT2D eigenvalue weighted by Crippen LogP contribution is 2.66. The van der Waals surface area contributed by atoms with Gasteiger partial charge in [0.15, 0.2) is 0 Å². The lowest BCUT2D eigenvalue weighted by molar-refractivity contribution is 0.152. The van der Waals surface area contributed by atoms with Crippen LogP contribution in [0.25, 0.3) is 5.65 Å². The fraction of sp³-hybridized carbons (Fsp3) is 0.125. The fourth-order valence-electron chi connectivity index (χ4n) is 1.48. The van der Waals surface area contributed by atoms with Gasteiger partial charge in [0.05, 0.1) is 6.20 Å². The third-order valence-corrected chi connectivity index (χ3v) is 5.88. The Balaban J connectivity index is 2.48. The van der Waals surface area contributed by atoms with Crippen molar-refractivity contribution in [3.63, 3.8) is 0 Å². The molecule has 0 fully saturated rings. The van der Waals surface area contributed by atoms with Gasteiger partial charge in [0.25, 0.3) is 0 Å². The normalized spacial score (nSPS) is 13.7. The molecule has 0 radical (unpaired) electrons. The van der Waals surface area contributed by atoms with Crippen molar-refractivity contribution < 1.29 is 33.8 Å². The largest absolute Gasteiger partial charge is 0.390 e. The summed E-state index contributed by atoms with van der Waals surface area (Å²) >= 11 is 0. The summed E-state index contributed by atoms with van der Waals surface area (Å²) in [4.78, 5) is 39.8. The maximum absolute atomic E-state index is 11.2. The zero-order valence-electron chi connectivity index (χ0n) is 9.73. The fourth-order valence-corrected chi connectivity index (χ4v) is 3.36. The lowest BCUT2D eigenvalue weighted by Crippen LogP contribution is -2.37. The second-order valence-corrected chi connectivity index (χ2v) is 7.76. The van der Waals surface area contributed by atoms with Crippen LogP contribution >= 0.6 is 15.2 Å². The Bertz CT molecular complexity index is 678. The molecule has 0 unspecified atom stereocenters. The topological polar surface area (TPSA) is 165 Å². The van der Waals surface area contributed by atoms with E-state index in [-0.39, 0.29) is 5.82 Å². The second-order valence-electron chi connectivity index (χ2n) is 3.94. The predicted octanol–water partition coefficient (Wildman–Crippen LogP) is -0.295. The van der Waals surface area contributed by atoms with E-state index in [9.17, 15) is 14.2 Å². The SMILES string of the molecule is O=P(O)(O)C(O)(Nc1cn2ccccc2n1)P(=O)(O)O. The molecular formula is C8H11N3O7P2. The standard InChI is InChI=1S/C8H11N3O7P2/c12-8(19(13,14)15,20(16,17)18)10-6-5-11-4-2-1-3-7(11)9-6/h1-5,10,12H,(H2,13,14,15)(H2,16,17,18). The molecular weight excluding hydrogens is 312 g/mol. The summed E-state index contributed by atoms with van der Waals surface area (Å²) in [6, 6.07) is 4.85. The van der Waals surface area contributed by atoms with Gasteiger partial charge in [-0.25, -0.2) is 4.98 Å². The summed E-state index contributed by atoms with van der Waals surface area (Å²) in [6.07, 6.45) is 2.77. The highest BCUT2D eigenvalue weighted by molar-refractivity contribution is 7.72. The Morgan fingerprint density at radius 3 is 2.25 bits per heavy atom. The maximum Gasteiger partial charge on any atom is 0.390 e. The number of anilines is 1. The van der Waals surface area contributed by atoms with Crippen molar-refractivity contribution in [2.45, 2.75) is 5.21 Å². The number of aliphatic hydroxyl groups is 1. The van der Waals surface area contributed by atoms with E-state index in [0.29, 0.717) is 5.65 Å². The van der Waals surface area contributed by atoms with Gasteiger partial charge in [0.2, 0.25) is 0 Å². The van der Waals surface area contributed by atoms with Crippen molar-refractivity contribution in [2.24, 2.45) is 0 Å². The number of pyridine rings is 1. The van der Waals surface area contributed by atoms with Gasteiger partial charge in [-0.1, -0.05) is 6.07 Å². The van der Waals surface area contributed by atoms with Crippen molar-refractivity contribution in [2.75, 3.05) is 5.32 Å². The molecule has 0 amide bonds. The Morgan fingerprint density at radius 2 is 1.75 bits per heavy atom. The molecule has 10 nitrogen and oxygen atoms in total. The van der Waals surface area contributed by atoms with Crippen LogP contribution in [0.3, 0.4) is 0 Å². The number of hydrogen-bond donors (Lipinski definition) is 6. The first-order valence-corrected chi connectivity index (χ1v) is 8.33. The van der Waals surface area contributed by atoms with Crippen LogP contribution in [-0.4, -0.2) is 39.3 Å². The van der Waals surface area contributed by atoms with Gasteiger partial charge in [-0.05, 0) is 12.1 Å². The third-order valence-electron chi connectivity index (χ3n) is 2.47. The molecule has 6 N–H and O–H groups in total. The van der Waals surface area contributed by atoms with Gasteiger partial charge in [0, 0.05) is 6.20 Å². The summed E-state index contributed by atoms with van der Waals surface area (Å²) in [5.74, 6) is -0.301. The molecule has 0 bridgehead atoms. The molecule has 0 atom stereocenters. The van der Waals surface area contributed by atoms with Gasteiger partial charge in [-0.15, -0.1) is 0 Å². The van der Waals surface area contributed by atoms with E-state index < -0.39 is 20.4 Å². The summed E-state index contributed by atoms with van der Waals surface area (Å²) in [6.45, 7) is 0. The number of rotatable bonds is 4. The van der Waals surface area contributed by atoms with Crippen LogP contribution in [0.1, 0.15) is 0 Å². The third kappa shape index (κ3) is 2.50. The molecule has 2 rings (SSSR count). The van der Waals surface area contributed by atoms with E-state index in [1.165, 1.54) is 10.6 Å².